The maximum atomic E-state index is 2.48. The van der Waals surface area contributed by atoms with Crippen LogP contribution in [0.3, 0.4) is 0 Å². The van der Waals surface area contributed by atoms with E-state index in [1.165, 1.54) is 90.0 Å². The molecule has 1 fully saturated rings. The van der Waals surface area contributed by atoms with Crippen LogP contribution < -0.4 is 21.2 Å². The summed E-state index contributed by atoms with van der Waals surface area (Å²) in [5.41, 5.74) is 0. The molecule has 0 aromatic heterocycles. The lowest BCUT2D eigenvalue weighted by atomic mass is 10.1. The van der Waals surface area contributed by atoms with Crippen LogP contribution >= 0.6 is 15.8 Å². The molecule has 0 unspecified atom stereocenters. The third kappa shape index (κ3) is 4.81. The highest BCUT2D eigenvalue weighted by atomic mass is 31.2. The molecule has 47 heavy (non-hydrogen) atoms. The zero-order chi connectivity index (χ0) is 31.2. The van der Waals surface area contributed by atoms with Crippen molar-refractivity contribution in [3.8, 4) is 0 Å². The smallest absolute Gasteiger partial charge is 0.0268 e. The van der Waals surface area contributed by atoms with Gasteiger partial charge in [-0.2, -0.15) is 0 Å². The average molecular weight is 639 g/mol. The van der Waals surface area contributed by atoms with Gasteiger partial charge in [-0.1, -0.05) is 183 Å². The molecular weight excluding hydrogens is 602 g/mol. The lowest BCUT2D eigenvalue weighted by Crippen LogP contribution is -2.37. The molecule has 0 N–H and O–H groups in total. The Morgan fingerprint density at radius 3 is 0.851 bits per heavy atom. The van der Waals surface area contributed by atoms with Gasteiger partial charge in [0.25, 0.3) is 0 Å². The van der Waals surface area contributed by atoms with Crippen molar-refractivity contribution in [3.05, 3.63) is 170 Å². The lowest BCUT2D eigenvalue weighted by Gasteiger charge is -2.46. The molecule has 0 radical (unpaired) electrons. The fraction of sp³-hybridized carbons (Fsp3) is 0.111. The van der Waals surface area contributed by atoms with Gasteiger partial charge in [-0.15, -0.1) is 0 Å². The molecule has 0 spiro atoms. The van der Waals surface area contributed by atoms with Crippen LogP contribution in [0.25, 0.3) is 43.1 Å². The summed E-state index contributed by atoms with van der Waals surface area (Å²) < 4.78 is 0. The topological polar surface area (TPSA) is 0 Å². The summed E-state index contributed by atoms with van der Waals surface area (Å²) in [7, 11) is -1.61. The maximum Gasteiger partial charge on any atom is 0.0268 e. The summed E-state index contributed by atoms with van der Waals surface area (Å²) in [4.78, 5) is 0.0627. The van der Waals surface area contributed by atoms with Crippen LogP contribution in [0.5, 0.6) is 0 Å². The van der Waals surface area contributed by atoms with Gasteiger partial charge in [-0.25, -0.2) is 0 Å². The van der Waals surface area contributed by atoms with Crippen LogP contribution in [0.2, 0.25) is 0 Å². The number of benzene rings is 8. The molecule has 0 atom stereocenters. The average Bonchev–Trinajstić information content (AvgIpc) is 3.62. The van der Waals surface area contributed by atoms with Crippen LogP contribution in [-0.4, -0.2) is 4.90 Å². The van der Waals surface area contributed by atoms with Crippen LogP contribution in [0.1, 0.15) is 25.7 Å². The standard InChI is InChI=1S/C45H36P2/c1-5-23-37-33(15-1)19-11-27-41(37)46(42-28-12-20-34-16-2-6-24-38(34)42)45(31-9-10-32-45)47(43-29-13-21-35-17-3-7-25-39(35)43)44-30-14-22-36-18-4-8-26-40(36)44/h1-8,11-30H,9-10,31-32H2. The van der Waals surface area contributed by atoms with E-state index in [-0.39, 0.29) is 4.90 Å². The number of fused-ring (bicyclic) bond motifs is 4. The zero-order valence-electron chi connectivity index (χ0n) is 26.4. The van der Waals surface area contributed by atoms with Gasteiger partial charge >= 0.3 is 0 Å². The van der Waals surface area contributed by atoms with E-state index < -0.39 is 15.8 Å². The van der Waals surface area contributed by atoms with Gasteiger partial charge in [0.05, 0.1) is 0 Å². The van der Waals surface area contributed by atoms with Crippen molar-refractivity contribution in [2.24, 2.45) is 0 Å². The molecule has 0 nitrogen and oxygen atoms in total. The van der Waals surface area contributed by atoms with E-state index in [1.807, 2.05) is 0 Å². The summed E-state index contributed by atoms with van der Waals surface area (Å²) in [6.45, 7) is 0. The van der Waals surface area contributed by atoms with E-state index in [1.54, 1.807) is 0 Å². The fourth-order valence-electron chi connectivity index (χ4n) is 8.26. The molecule has 0 aliphatic heterocycles. The molecule has 0 saturated heterocycles. The van der Waals surface area contributed by atoms with Gasteiger partial charge in [-0.05, 0) is 93.0 Å². The predicted molar refractivity (Wildman–Crippen MR) is 209 cm³/mol. The number of hydrogen-bond acceptors (Lipinski definition) is 0. The first kappa shape index (κ1) is 28.8. The van der Waals surface area contributed by atoms with Crippen molar-refractivity contribution in [1.29, 1.82) is 0 Å². The molecule has 9 rings (SSSR count). The lowest BCUT2D eigenvalue weighted by molar-refractivity contribution is 0.826. The van der Waals surface area contributed by atoms with Gasteiger partial charge < -0.3 is 0 Å². The number of rotatable bonds is 6. The summed E-state index contributed by atoms with van der Waals surface area (Å²) in [6, 6.07) is 64.8. The van der Waals surface area contributed by atoms with Gasteiger partial charge in [0.2, 0.25) is 0 Å². The van der Waals surface area contributed by atoms with Crippen molar-refractivity contribution in [2.45, 2.75) is 30.6 Å². The van der Waals surface area contributed by atoms with E-state index in [0.717, 1.165) is 0 Å². The van der Waals surface area contributed by atoms with E-state index >= 15 is 0 Å². The largest absolute Gasteiger partial charge is 0.0616 e. The Hall–Kier alpha value is -4.34. The Morgan fingerprint density at radius 2 is 0.553 bits per heavy atom. The first-order valence-electron chi connectivity index (χ1n) is 16.8. The quantitative estimate of drug-likeness (QED) is 0.159. The molecule has 1 saturated carbocycles. The SMILES string of the molecule is c1ccc2c(P(c3cccc4ccccc34)C3(P(c4cccc5ccccc45)c4cccc5ccccc45)CCCC3)cccc2c1. The van der Waals surface area contributed by atoms with Gasteiger partial charge in [0.1, 0.15) is 0 Å². The second-order valence-corrected chi connectivity index (χ2v) is 18.2. The van der Waals surface area contributed by atoms with E-state index in [9.17, 15) is 0 Å². The first-order chi connectivity index (χ1) is 23.3. The highest BCUT2D eigenvalue weighted by Gasteiger charge is 2.51. The molecule has 2 heteroatoms. The summed E-state index contributed by atoms with van der Waals surface area (Å²) in [5.74, 6) is 0. The third-order valence-electron chi connectivity index (χ3n) is 10.3. The highest BCUT2D eigenvalue weighted by molar-refractivity contribution is 7.91. The number of hydrogen-bond donors (Lipinski definition) is 0. The van der Waals surface area contributed by atoms with E-state index in [4.69, 9.17) is 0 Å². The second-order valence-electron chi connectivity index (χ2n) is 12.9. The Kier molecular flexibility index (Phi) is 7.39. The van der Waals surface area contributed by atoms with Gasteiger partial charge in [0.15, 0.2) is 0 Å². The normalized spacial score (nSPS) is 14.6. The van der Waals surface area contributed by atoms with Crippen molar-refractivity contribution in [3.63, 3.8) is 0 Å². The van der Waals surface area contributed by atoms with Crippen LogP contribution in [0, 0.1) is 0 Å². The molecule has 226 valence electrons. The van der Waals surface area contributed by atoms with Crippen molar-refractivity contribution >= 4 is 80.2 Å². The summed E-state index contributed by atoms with van der Waals surface area (Å²) in [6.07, 6.45) is 4.98. The second kappa shape index (κ2) is 12.0. The molecule has 8 aromatic carbocycles. The first-order valence-corrected chi connectivity index (χ1v) is 19.5. The van der Waals surface area contributed by atoms with Crippen molar-refractivity contribution < 1.29 is 0 Å². The Morgan fingerprint density at radius 1 is 0.298 bits per heavy atom. The zero-order valence-corrected chi connectivity index (χ0v) is 28.2. The third-order valence-corrected chi connectivity index (χ3v) is 17.5. The molecular formula is C45H36P2. The summed E-state index contributed by atoms with van der Waals surface area (Å²) >= 11 is 0. The fourth-order valence-corrected chi connectivity index (χ4v) is 16.9. The molecule has 0 amide bonds. The Labute approximate surface area is 279 Å². The van der Waals surface area contributed by atoms with Crippen LogP contribution in [-0.2, 0) is 0 Å². The molecule has 1 aliphatic rings. The van der Waals surface area contributed by atoms with Crippen molar-refractivity contribution in [2.75, 3.05) is 0 Å². The highest BCUT2D eigenvalue weighted by Crippen LogP contribution is 2.72. The molecule has 1 aliphatic carbocycles. The van der Waals surface area contributed by atoms with Crippen LogP contribution in [0.4, 0.5) is 0 Å². The Balaban J connectivity index is 1.44. The van der Waals surface area contributed by atoms with Gasteiger partial charge in [0, 0.05) is 4.90 Å². The Bertz CT molecular complexity index is 2060. The minimum absolute atomic E-state index is 0.0627. The molecule has 8 aromatic rings. The minimum Gasteiger partial charge on any atom is -0.0616 e. The van der Waals surface area contributed by atoms with Crippen LogP contribution in [0.15, 0.2) is 170 Å². The van der Waals surface area contributed by atoms with Gasteiger partial charge in [-0.3, -0.25) is 0 Å². The predicted octanol–water partition coefficient (Wildman–Crippen LogP) is 11.1. The summed E-state index contributed by atoms with van der Waals surface area (Å²) in [5, 5.41) is 17.1. The maximum absolute atomic E-state index is 2.48. The van der Waals surface area contributed by atoms with E-state index in [2.05, 4.69) is 170 Å². The molecule has 0 heterocycles. The monoisotopic (exact) mass is 638 g/mol. The van der Waals surface area contributed by atoms with E-state index in [0.29, 0.717) is 0 Å². The molecule has 0 bridgehead atoms. The minimum atomic E-state index is -0.804. The van der Waals surface area contributed by atoms with Crippen molar-refractivity contribution in [1.82, 2.24) is 0 Å².